The molecule has 0 bridgehead atoms. The van der Waals surface area contributed by atoms with Gasteiger partial charge in [-0.2, -0.15) is 0 Å². The van der Waals surface area contributed by atoms with Crippen LogP contribution in [0.4, 0.5) is 5.69 Å². The van der Waals surface area contributed by atoms with E-state index in [0.29, 0.717) is 20.9 Å². The summed E-state index contributed by atoms with van der Waals surface area (Å²) in [6, 6.07) is 17.2. The van der Waals surface area contributed by atoms with E-state index in [4.69, 9.17) is 23.2 Å². The SMILES string of the molecule is Cc1ccc(-n2c(SCC(=O)Nc3c(Cl)cccc3Cl)nnc2-c2cccs2)cc1. The highest BCUT2D eigenvalue weighted by atomic mass is 35.5. The van der Waals surface area contributed by atoms with Crippen molar-refractivity contribution in [3.63, 3.8) is 0 Å². The van der Waals surface area contributed by atoms with Gasteiger partial charge < -0.3 is 5.32 Å². The molecule has 1 N–H and O–H groups in total. The van der Waals surface area contributed by atoms with Crippen LogP contribution in [0.15, 0.2) is 65.1 Å². The van der Waals surface area contributed by atoms with Gasteiger partial charge in [-0.3, -0.25) is 9.36 Å². The standard InChI is InChI=1S/C21H16Cl2N4OS2/c1-13-7-9-14(10-8-13)27-20(17-6-3-11-29-17)25-26-21(27)30-12-18(28)24-19-15(22)4-2-5-16(19)23/h2-11H,12H2,1H3,(H,24,28). The highest BCUT2D eigenvalue weighted by Gasteiger charge is 2.18. The Morgan fingerprint density at radius 3 is 2.47 bits per heavy atom. The van der Waals surface area contributed by atoms with Crippen molar-refractivity contribution in [3.8, 4) is 16.4 Å². The van der Waals surface area contributed by atoms with Gasteiger partial charge in [0, 0.05) is 5.69 Å². The van der Waals surface area contributed by atoms with E-state index < -0.39 is 0 Å². The highest BCUT2D eigenvalue weighted by Crippen LogP contribution is 2.32. The van der Waals surface area contributed by atoms with Crippen LogP contribution in [0.1, 0.15) is 5.56 Å². The maximum atomic E-state index is 12.5. The number of hydrogen-bond donors (Lipinski definition) is 1. The second-order valence-electron chi connectivity index (χ2n) is 6.39. The van der Waals surface area contributed by atoms with E-state index >= 15 is 0 Å². The number of carbonyl (C=O) groups excluding carboxylic acids is 1. The van der Waals surface area contributed by atoms with Gasteiger partial charge in [0.05, 0.1) is 26.4 Å². The van der Waals surface area contributed by atoms with Gasteiger partial charge in [0.1, 0.15) is 0 Å². The molecule has 5 nitrogen and oxygen atoms in total. The van der Waals surface area contributed by atoms with E-state index in [9.17, 15) is 4.79 Å². The van der Waals surface area contributed by atoms with Crippen LogP contribution in [0.3, 0.4) is 0 Å². The topological polar surface area (TPSA) is 59.8 Å². The van der Waals surface area contributed by atoms with Crippen molar-refractivity contribution in [2.24, 2.45) is 0 Å². The Morgan fingerprint density at radius 1 is 1.07 bits per heavy atom. The van der Waals surface area contributed by atoms with Crippen molar-refractivity contribution in [2.75, 3.05) is 11.1 Å². The summed E-state index contributed by atoms with van der Waals surface area (Å²) >= 11 is 15.2. The van der Waals surface area contributed by atoms with Crippen molar-refractivity contribution >= 4 is 57.9 Å². The van der Waals surface area contributed by atoms with Gasteiger partial charge in [0.15, 0.2) is 11.0 Å². The molecule has 0 atom stereocenters. The summed E-state index contributed by atoms with van der Waals surface area (Å²) in [7, 11) is 0. The molecule has 0 saturated carbocycles. The second kappa shape index (κ2) is 9.22. The highest BCUT2D eigenvalue weighted by molar-refractivity contribution is 7.99. The third-order valence-electron chi connectivity index (χ3n) is 4.23. The lowest BCUT2D eigenvalue weighted by molar-refractivity contribution is -0.113. The Bertz CT molecular complexity index is 1150. The second-order valence-corrected chi connectivity index (χ2v) is 9.09. The van der Waals surface area contributed by atoms with Gasteiger partial charge in [-0.1, -0.05) is 64.8 Å². The van der Waals surface area contributed by atoms with E-state index in [1.54, 1.807) is 29.5 Å². The largest absolute Gasteiger partial charge is 0.323 e. The molecular weight excluding hydrogens is 459 g/mol. The first-order valence-electron chi connectivity index (χ1n) is 8.96. The molecular formula is C21H16Cl2N4OS2. The Kier molecular flexibility index (Phi) is 6.43. The van der Waals surface area contributed by atoms with E-state index in [-0.39, 0.29) is 11.7 Å². The number of hydrogen-bond acceptors (Lipinski definition) is 5. The number of amides is 1. The molecule has 0 spiro atoms. The minimum atomic E-state index is -0.230. The van der Waals surface area contributed by atoms with E-state index in [1.165, 1.54) is 11.8 Å². The van der Waals surface area contributed by atoms with E-state index in [0.717, 1.165) is 22.0 Å². The molecule has 2 aromatic heterocycles. The number of rotatable bonds is 6. The Balaban J connectivity index is 1.58. The van der Waals surface area contributed by atoms with Crippen molar-refractivity contribution in [1.29, 1.82) is 0 Å². The number of nitrogens with one attached hydrogen (secondary N) is 1. The van der Waals surface area contributed by atoms with Crippen LogP contribution < -0.4 is 5.32 Å². The third-order valence-corrected chi connectivity index (χ3v) is 6.65. The molecule has 1 amide bonds. The van der Waals surface area contributed by atoms with Crippen LogP contribution in [0.25, 0.3) is 16.4 Å². The Labute approximate surface area is 192 Å². The van der Waals surface area contributed by atoms with Crippen LogP contribution in [-0.2, 0) is 4.79 Å². The van der Waals surface area contributed by atoms with Crippen LogP contribution >= 0.6 is 46.3 Å². The third kappa shape index (κ3) is 4.54. The molecule has 0 saturated heterocycles. The normalized spacial score (nSPS) is 10.9. The number of anilines is 1. The molecule has 4 aromatic rings. The smallest absolute Gasteiger partial charge is 0.234 e. The first-order chi connectivity index (χ1) is 14.5. The molecule has 2 heterocycles. The van der Waals surface area contributed by atoms with Crippen molar-refractivity contribution in [3.05, 3.63) is 75.6 Å². The minimum Gasteiger partial charge on any atom is -0.323 e. The first-order valence-corrected chi connectivity index (χ1v) is 11.6. The first kappa shape index (κ1) is 20.9. The summed E-state index contributed by atoms with van der Waals surface area (Å²) in [6.45, 7) is 2.04. The van der Waals surface area contributed by atoms with E-state index in [1.807, 2.05) is 53.3 Å². The molecule has 0 unspecified atom stereocenters. The van der Waals surface area contributed by atoms with Crippen LogP contribution in [0.5, 0.6) is 0 Å². The van der Waals surface area contributed by atoms with Gasteiger partial charge in [0.2, 0.25) is 5.91 Å². The Morgan fingerprint density at radius 2 is 1.80 bits per heavy atom. The summed E-state index contributed by atoms with van der Waals surface area (Å²) in [5, 5.41) is 14.9. The van der Waals surface area contributed by atoms with Crippen LogP contribution in [-0.4, -0.2) is 26.4 Å². The number of carbonyl (C=O) groups is 1. The number of thioether (sulfide) groups is 1. The van der Waals surface area contributed by atoms with Crippen molar-refractivity contribution in [2.45, 2.75) is 12.1 Å². The number of nitrogens with zero attached hydrogens (tertiary/aromatic N) is 3. The minimum absolute atomic E-state index is 0.135. The number of aromatic nitrogens is 3. The van der Waals surface area contributed by atoms with Gasteiger partial charge in [-0.15, -0.1) is 21.5 Å². The van der Waals surface area contributed by atoms with Crippen LogP contribution in [0.2, 0.25) is 10.0 Å². The van der Waals surface area contributed by atoms with E-state index in [2.05, 4.69) is 15.5 Å². The van der Waals surface area contributed by atoms with Crippen molar-refractivity contribution < 1.29 is 4.79 Å². The lowest BCUT2D eigenvalue weighted by Gasteiger charge is -2.11. The fourth-order valence-electron chi connectivity index (χ4n) is 2.78. The summed E-state index contributed by atoms with van der Waals surface area (Å²) < 4.78 is 1.96. The summed E-state index contributed by atoms with van der Waals surface area (Å²) in [4.78, 5) is 13.5. The fourth-order valence-corrected chi connectivity index (χ4v) is 4.72. The average Bonchev–Trinajstić information content (AvgIpc) is 3.39. The maximum Gasteiger partial charge on any atom is 0.234 e. The molecule has 152 valence electrons. The zero-order valence-corrected chi connectivity index (χ0v) is 18.9. The summed E-state index contributed by atoms with van der Waals surface area (Å²) in [5.74, 6) is 0.646. The van der Waals surface area contributed by atoms with Gasteiger partial charge in [-0.25, -0.2) is 0 Å². The number of benzene rings is 2. The molecule has 30 heavy (non-hydrogen) atoms. The number of halogens is 2. The molecule has 4 rings (SSSR count). The number of aryl methyl sites for hydroxylation is 1. The molecule has 2 aromatic carbocycles. The molecule has 9 heteroatoms. The molecule has 0 aliphatic carbocycles. The summed E-state index contributed by atoms with van der Waals surface area (Å²) in [5.41, 5.74) is 2.51. The summed E-state index contributed by atoms with van der Waals surface area (Å²) in [6.07, 6.45) is 0. The molecule has 0 fully saturated rings. The van der Waals surface area contributed by atoms with Crippen molar-refractivity contribution in [1.82, 2.24) is 14.8 Å². The zero-order chi connectivity index (χ0) is 21.1. The Hall–Kier alpha value is -2.32. The van der Waals surface area contributed by atoms with Gasteiger partial charge in [-0.05, 0) is 42.6 Å². The molecule has 0 radical (unpaired) electrons. The predicted octanol–water partition coefficient (Wildman–Crippen LogP) is 6.34. The monoisotopic (exact) mass is 474 g/mol. The lowest BCUT2D eigenvalue weighted by atomic mass is 10.2. The molecule has 0 aliphatic heterocycles. The fraction of sp³-hybridized carbons (Fsp3) is 0.0952. The average molecular weight is 475 g/mol. The lowest BCUT2D eigenvalue weighted by Crippen LogP contribution is -2.15. The molecule has 0 aliphatic rings. The van der Waals surface area contributed by atoms with Gasteiger partial charge >= 0.3 is 0 Å². The number of thiophene rings is 1. The predicted molar refractivity (Wildman–Crippen MR) is 125 cm³/mol. The number of para-hydroxylation sites is 1. The van der Waals surface area contributed by atoms with Gasteiger partial charge in [0.25, 0.3) is 0 Å². The maximum absolute atomic E-state index is 12.5. The van der Waals surface area contributed by atoms with Crippen LogP contribution in [0, 0.1) is 6.92 Å². The quantitative estimate of drug-likeness (QED) is 0.331. The zero-order valence-electron chi connectivity index (χ0n) is 15.8.